The van der Waals surface area contributed by atoms with Gasteiger partial charge in [-0.25, -0.2) is 9.97 Å². The van der Waals surface area contributed by atoms with E-state index in [1.165, 1.54) is 0 Å². The summed E-state index contributed by atoms with van der Waals surface area (Å²) in [5.41, 5.74) is 3.20. The van der Waals surface area contributed by atoms with E-state index in [2.05, 4.69) is 23.8 Å². The van der Waals surface area contributed by atoms with E-state index in [1.807, 2.05) is 29.9 Å². The first-order valence-corrected chi connectivity index (χ1v) is 4.48. The van der Waals surface area contributed by atoms with E-state index in [1.54, 1.807) is 0 Å². The fraction of sp³-hybridized carbons (Fsp3) is 0.400. The van der Waals surface area contributed by atoms with Crippen molar-refractivity contribution in [1.82, 2.24) is 14.4 Å². The Hall–Kier alpha value is -1.38. The summed E-state index contributed by atoms with van der Waals surface area (Å²) in [6, 6.07) is 2.04. The third kappa shape index (κ3) is 1.30. The van der Waals surface area contributed by atoms with Crippen LogP contribution in [0.2, 0.25) is 0 Å². The van der Waals surface area contributed by atoms with Crippen LogP contribution in [0.15, 0.2) is 18.6 Å². The van der Waals surface area contributed by atoms with Crippen LogP contribution in [-0.4, -0.2) is 14.4 Å². The van der Waals surface area contributed by atoms with Crippen LogP contribution in [0.1, 0.15) is 31.2 Å². The van der Waals surface area contributed by atoms with Crippen molar-refractivity contribution in [2.75, 3.05) is 0 Å². The van der Waals surface area contributed by atoms with Gasteiger partial charge < -0.3 is 0 Å². The summed E-state index contributed by atoms with van der Waals surface area (Å²) in [5.74, 6) is 0.460. The van der Waals surface area contributed by atoms with Gasteiger partial charge in [0, 0.05) is 23.7 Å². The molecule has 0 atom stereocenters. The Labute approximate surface area is 77.4 Å². The first kappa shape index (κ1) is 8.23. The molecule has 0 unspecified atom stereocenters. The number of hydrogen-bond acceptors (Lipinski definition) is 2. The van der Waals surface area contributed by atoms with E-state index >= 15 is 0 Å². The van der Waals surface area contributed by atoms with Gasteiger partial charge in [0.25, 0.3) is 0 Å². The van der Waals surface area contributed by atoms with Crippen molar-refractivity contribution in [3.05, 3.63) is 30.0 Å². The summed E-state index contributed by atoms with van der Waals surface area (Å²) < 4.78 is 1.99. The normalized spacial score (nSPS) is 11.4. The topological polar surface area (TPSA) is 30.2 Å². The molecule has 0 aliphatic rings. The number of imidazole rings is 1. The third-order valence-electron chi connectivity index (χ3n) is 2.20. The molecule has 0 spiro atoms. The second-order valence-corrected chi connectivity index (χ2v) is 3.60. The fourth-order valence-corrected chi connectivity index (χ4v) is 1.33. The number of fused-ring (bicyclic) bond motifs is 1. The van der Waals surface area contributed by atoms with Gasteiger partial charge >= 0.3 is 0 Å². The number of nitrogens with zero attached hydrogens (tertiary/aromatic N) is 3. The number of aryl methyl sites for hydroxylation is 1. The molecule has 0 fully saturated rings. The van der Waals surface area contributed by atoms with Crippen LogP contribution in [0.25, 0.3) is 5.65 Å². The Morgan fingerprint density at radius 3 is 2.77 bits per heavy atom. The summed E-state index contributed by atoms with van der Waals surface area (Å²) in [6.07, 6.45) is 3.70. The molecule has 3 heteroatoms. The molecule has 0 aromatic carbocycles. The Morgan fingerprint density at radius 1 is 1.31 bits per heavy atom. The average molecular weight is 175 g/mol. The molecule has 0 saturated carbocycles. The fourth-order valence-electron chi connectivity index (χ4n) is 1.33. The highest BCUT2D eigenvalue weighted by Crippen LogP contribution is 2.13. The molecular formula is C10H13N3. The molecular weight excluding hydrogens is 162 g/mol. The molecule has 2 aromatic rings. The summed E-state index contributed by atoms with van der Waals surface area (Å²) in [7, 11) is 0. The Morgan fingerprint density at radius 2 is 2.08 bits per heavy atom. The largest absolute Gasteiger partial charge is 0.288 e. The molecule has 2 heterocycles. The second kappa shape index (κ2) is 2.83. The van der Waals surface area contributed by atoms with E-state index in [0.29, 0.717) is 5.92 Å². The average Bonchev–Trinajstić information content (AvgIpc) is 2.47. The number of rotatable bonds is 1. The maximum Gasteiger partial charge on any atom is 0.139 e. The minimum Gasteiger partial charge on any atom is -0.288 e. The Balaban J connectivity index is 2.63. The standard InChI is InChI=1S/C10H13N3/c1-7(2)9-4-10-11-5-8(3)13(10)6-12-9/h4-7H,1-3H3. The molecule has 0 amide bonds. The van der Waals surface area contributed by atoms with Gasteiger partial charge in [-0.2, -0.15) is 0 Å². The van der Waals surface area contributed by atoms with E-state index < -0.39 is 0 Å². The van der Waals surface area contributed by atoms with Gasteiger partial charge in [-0.1, -0.05) is 13.8 Å². The van der Waals surface area contributed by atoms with Crippen LogP contribution in [0.5, 0.6) is 0 Å². The van der Waals surface area contributed by atoms with E-state index in [9.17, 15) is 0 Å². The molecule has 2 aromatic heterocycles. The molecule has 0 N–H and O–H groups in total. The van der Waals surface area contributed by atoms with Gasteiger partial charge in [0.2, 0.25) is 0 Å². The third-order valence-corrected chi connectivity index (χ3v) is 2.20. The maximum atomic E-state index is 4.36. The summed E-state index contributed by atoms with van der Waals surface area (Å²) in [4.78, 5) is 8.65. The summed E-state index contributed by atoms with van der Waals surface area (Å²) >= 11 is 0. The molecule has 68 valence electrons. The zero-order valence-electron chi connectivity index (χ0n) is 8.15. The molecule has 0 radical (unpaired) electrons. The lowest BCUT2D eigenvalue weighted by Crippen LogP contribution is -1.96. The molecule has 3 nitrogen and oxygen atoms in total. The lowest BCUT2D eigenvalue weighted by molar-refractivity contribution is 0.809. The summed E-state index contributed by atoms with van der Waals surface area (Å²) in [5, 5.41) is 0. The molecule has 0 bridgehead atoms. The van der Waals surface area contributed by atoms with Crippen molar-refractivity contribution >= 4 is 5.65 Å². The highest BCUT2D eigenvalue weighted by molar-refractivity contribution is 5.41. The zero-order valence-corrected chi connectivity index (χ0v) is 8.15. The van der Waals surface area contributed by atoms with Gasteiger partial charge in [-0.05, 0) is 12.8 Å². The number of aromatic nitrogens is 3. The van der Waals surface area contributed by atoms with Crippen LogP contribution in [0, 0.1) is 6.92 Å². The minimum absolute atomic E-state index is 0.460. The zero-order chi connectivity index (χ0) is 9.42. The second-order valence-electron chi connectivity index (χ2n) is 3.60. The molecule has 0 aliphatic heterocycles. The lowest BCUT2D eigenvalue weighted by atomic mass is 10.1. The van der Waals surface area contributed by atoms with Crippen LogP contribution in [-0.2, 0) is 0 Å². The smallest absolute Gasteiger partial charge is 0.139 e. The predicted molar refractivity (Wildman–Crippen MR) is 51.8 cm³/mol. The van der Waals surface area contributed by atoms with Crippen LogP contribution < -0.4 is 0 Å². The van der Waals surface area contributed by atoms with E-state index in [-0.39, 0.29) is 0 Å². The first-order valence-electron chi connectivity index (χ1n) is 4.48. The lowest BCUT2D eigenvalue weighted by Gasteiger charge is -2.03. The molecule has 0 saturated heterocycles. The minimum atomic E-state index is 0.460. The van der Waals surface area contributed by atoms with Gasteiger partial charge in [0.1, 0.15) is 12.0 Å². The predicted octanol–water partition coefficient (Wildman–Crippen LogP) is 2.16. The van der Waals surface area contributed by atoms with Crippen molar-refractivity contribution in [1.29, 1.82) is 0 Å². The van der Waals surface area contributed by atoms with Crippen molar-refractivity contribution in [3.63, 3.8) is 0 Å². The Kier molecular flexibility index (Phi) is 1.79. The highest BCUT2D eigenvalue weighted by Gasteiger charge is 2.03. The first-order chi connectivity index (χ1) is 6.18. The van der Waals surface area contributed by atoms with E-state index in [4.69, 9.17) is 0 Å². The maximum absolute atomic E-state index is 4.36. The highest BCUT2D eigenvalue weighted by atomic mass is 15.0. The molecule has 2 rings (SSSR count). The van der Waals surface area contributed by atoms with E-state index in [0.717, 1.165) is 17.0 Å². The molecule has 13 heavy (non-hydrogen) atoms. The van der Waals surface area contributed by atoms with Gasteiger partial charge in [-0.15, -0.1) is 0 Å². The van der Waals surface area contributed by atoms with Crippen molar-refractivity contribution in [2.45, 2.75) is 26.7 Å². The van der Waals surface area contributed by atoms with Gasteiger partial charge in [-0.3, -0.25) is 4.40 Å². The van der Waals surface area contributed by atoms with Crippen molar-refractivity contribution < 1.29 is 0 Å². The van der Waals surface area contributed by atoms with Crippen LogP contribution >= 0.6 is 0 Å². The van der Waals surface area contributed by atoms with Crippen LogP contribution in [0.3, 0.4) is 0 Å². The van der Waals surface area contributed by atoms with Crippen LogP contribution in [0.4, 0.5) is 0 Å². The number of hydrogen-bond donors (Lipinski definition) is 0. The SMILES string of the molecule is Cc1cnc2cc(C(C)C)ncn12. The van der Waals surface area contributed by atoms with Gasteiger partial charge in [0.05, 0.1) is 0 Å². The Bertz CT molecular complexity index is 429. The van der Waals surface area contributed by atoms with Crippen molar-refractivity contribution in [3.8, 4) is 0 Å². The monoisotopic (exact) mass is 175 g/mol. The molecule has 0 aliphatic carbocycles. The summed E-state index contributed by atoms with van der Waals surface area (Å²) in [6.45, 7) is 6.29. The van der Waals surface area contributed by atoms with Gasteiger partial charge in [0.15, 0.2) is 0 Å². The quantitative estimate of drug-likeness (QED) is 0.664. The van der Waals surface area contributed by atoms with Crippen molar-refractivity contribution in [2.24, 2.45) is 0 Å².